The van der Waals surface area contributed by atoms with Gasteiger partial charge in [0.1, 0.15) is 23.7 Å². The number of aromatic nitrogens is 4. The fraction of sp³-hybridized carbons (Fsp3) is 0.708. The minimum absolute atomic E-state index is 0.179. The van der Waals surface area contributed by atoms with Crippen molar-refractivity contribution in [3.63, 3.8) is 0 Å². The average molecular weight is 522 g/mol. The zero-order valence-electron chi connectivity index (χ0n) is 21.9. The Hall–Kier alpha value is -2.36. The number of rotatable bonds is 15. The van der Waals surface area contributed by atoms with E-state index >= 15 is 0 Å². The molecule has 1 saturated carbocycles. The summed E-state index contributed by atoms with van der Waals surface area (Å²) in [5.74, 6) is 0.0396. The number of ether oxygens (including phenoxy) is 2. The van der Waals surface area contributed by atoms with E-state index in [4.69, 9.17) is 19.8 Å². The number of carbonyl (C=O) groups excluding carboxylic acids is 1. The van der Waals surface area contributed by atoms with Gasteiger partial charge < -0.3 is 24.4 Å². The van der Waals surface area contributed by atoms with Gasteiger partial charge in [-0.3, -0.25) is 4.79 Å². The maximum absolute atomic E-state index is 12.8. The van der Waals surface area contributed by atoms with Crippen molar-refractivity contribution >= 4 is 37.0 Å². The third-order valence-corrected chi connectivity index (χ3v) is 7.43. The number of anilines is 1. The Balaban J connectivity index is 1.57. The molecule has 11 nitrogen and oxygen atoms in total. The normalized spacial score (nSPS) is 15.7. The van der Waals surface area contributed by atoms with Crippen LogP contribution in [0.3, 0.4) is 0 Å². The van der Waals surface area contributed by atoms with Gasteiger partial charge in [0, 0.05) is 0 Å². The van der Waals surface area contributed by atoms with Gasteiger partial charge >= 0.3 is 5.97 Å². The Bertz CT molecular complexity index is 1010. The highest BCUT2D eigenvalue weighted by molar-refractivity contribution is 7.50. The van der Waals surface area contributed by atoms with Gasteiger partial charge in [-0.05, 0) is 52.9 Å². The zero-order chi connectivity index (χ0) is 26.0. The number of fused-ring (bicyclic) bond motifs is 1. The lowest BCUT2D eigenvalue weighted by molar-refractivity contribution is -0.149. The second-order valence-corrected chi connectivity index (χ2v) is 11.1. The number of nitrogens with one attached hydrogen (secondary N) is 1. The highest BCUT2D eigenvalue weighted by Crippen LogP contribution is 2.37. The van der Waals surface area contributed by atoms with Gasteiger partial charge in [-0.15, -0.1) is 0 Å². The van der Waals surface area contributed by atoms with E-state index in [-0.39, 0.29) is 18.4 Å². The largest absolute Gasteiger partial charge is 0.464 e. The van der Waals surface area contributed by atoms with E-state index in [9.17, 15) is 4.79 Å². The third-order valence-electron chi connectivity index (χ3n) is 5.95. The molecular formula is C24H40N7O4P. The summed E-state index contributed by atoms with van der Waals surface area (Å²) < 4.78 is 19.4. The van der Waals surface area contributed by atoms with Crippen LogP contribution in [0.15, 0.2) is 17.8 Å². The summed E-state index contributed by atoms with van der Waals surface area (Å²) >= 11 is 0. The zero-order valence-corrected chi connectivity index (χ0v) is 22.8. The predicted octanol–water partition coefficient (Wildman–Crippen LogP) is 4.52. The quantitative estimate of drug-likeness (QED) is 0.150. The summed E-state index contributed by atoms with van der Waals surface area (Å²) in [6.07, 6.45) is 11.5. The molecule has 2 unspecified atom stereocenters. The maximum Gasteiger partial charge on any atom is 0.326 e. The lowest BCUT2D eigenvalue weighted by Gasteiger charge is -2.28. The number of nitrogens with two attached hydrogens (primary N) is 1. The molecular weight excluding hydrogens is 481 g/mol. The molecule has 0 saturated heterocycles. The van der Waals surface area contributed by atoms with Gasteiger partial charge in [0.15, 0.2) is 11.5 Å². The summed E-state index contributed by atoms with van der Waals surface area (Å²) in [5, 5.41) is 7.67. The molecule has 0 radical (unpaired) electrons. The van der Waals surface area contributed by atoms with Crippen LogP contribution in [0.2, 0.25) is 0 Å². The van der Waals surface area contributed by atoms with Gasteiger partial charge in [0.25, 0.3) is 0 Å². The second-order valence-electron chi connectivity index (χ2n) is 9.69. The van der Waals surface area contributed by atoms with Crippen LogP contribution in [-0.2, 0) is 25.4 Å². The Morgan fingerprint density at radius 2 is 2.03 bits per heavy atom. The van der Waals surface area contributed by atoms with Crippen LogP contribution in [-0.4, -0.2) is 55.8 Å². The van der Waals surface area contributed by atoms with Crippen molar-refractivity contribution in [1.29, 1.82) is 0 Å². The van der Waals surface area contributed by atoms with E-state index in [0.717, 1.165) is 57.1 Å². The molecule has 1 aliphatic carbocycles. The molecule has 12 heteroatoms. The standard InChI is InChI=1S/C24H40N7O4P/c1-5-6-7-10-13-33-23(32)24(3,4)30-36(35-29-19-11-8-9-12-19)17-34-18(2)14-31-16-28-20-21(25)26-15-27-22(20)31/h15-16,18,30H,5-14,17H2,1-4H3,(H2,25,26,27). The molecule has 2 aromatic heterocycles. The molecule has 1 aliphatic rings. The first-order chi connectivity index (χ1) is 17.3. The number of hydrogen-bond donors (Lipinski definition) is 2. The highest BCUT2D eigenvalue weighted by atomic mass is 31.2. The van der Waals surface area contributed by atoms with Crippen LogP contribution in [0.25, 0.3) is 11.2 Å². The van der Waals surface area contributed by atoms with Crippen LogP contribution < -0.4 is 10.8 Å². The SMILES string of the molecule is CCCCCCOC(=O)C(C)(C)NP(COC(C)Cn1cnc2c(N)ncnc21)ON=C1CCCC1. The van der Waals surface area contributed by atoms with Crippen molar-refractivity contribution in [2.75, 3.05) is 18.7 Å². The van der Waals surface area contributed by atoms with Crippen molar-refractivity contribution in [2.45, 2.75) is 97.2 Å². The van der Waals surface area contributed by atoms with Gasteiger partial charge in [0.05, 0.1) is 31.3 Å². The van der Waals surface area contributed by atoms with Crippen molar-refractivity contribution < 1.29 is 18.9 Å². The van der Waals surface area contributed by atoms with Gasteiger partial charge in [0.2, 0.25) is 8.30 Å². The van der Waals surface area contributed by atoms with Crippen molar-refractivity contribution in [3.8, 4) is 0 Å². The minimum atomic E-state index is -1.39. The fourth-order valence-electron chi connectivity index (χ4n) is 3.85. The summed E-state index contributed by atoms with van der Waals surface area (Å²) in [6, 6.07) is 0. The molecule has 0 spiro atoms. The molecule has 0 bridgehead atoms. The van der Waals surface area contributed by atoms with E-state index in [2.05, 4.69) is 32.1 Å². The van der Waals surface area contributed by atoms with Crippen LogP contribution in [0, 0.1) is 0 Å². The molecule has 1 fully saturated rings. The molecule has 0 aromatic carbocycles. The van der Waals surface area contributed by atoms with E-state index in [1.54, 1.807) is 20.2 Å². The Labute approximate surface area is 214 Å². The number of esters is 1. The second kappa shape index (κ2) is 13.8. The van der Waals surface area contributed by atoms with Crippen molar-refractivity contribution in [3.05, 3.63) is 12.7 Å². The van der Waals surface area contributed by atoms with Crippen molar-refractivity contribution in [2.24, 2.45) is 5.16 Å². The highest BCUT2D eigenvalue weighted by Gasteiger charge is 2.34. The van der Waals surface area contributed by atoms with E-state index in [0.29, 0.717) is 30.1 Å². The number of oxime groups is 1. The first-order valence-corrected chi connectivity index (χ1v) is 14.2. The Morgan fingerprint density at radius 3 is 2.78 bits per heavy atom. The summed E-state index contributed by atoms with van der Waals surface area (Å²) in [5.41, 5.74) is 7.23. The number of hydrogen-bond acceptors (Lipinski definition) is 10. The number of unbranched alkanes of at least 4 members (excludes halogenated alkanes) is 3. The molecule has 0 amide bonds. The summed E-state index contributed by atoms with van der Waals surface area (Å²) in [7, 11) is -1.39. The first-order valence-electron chi connectivity index (χ1n) is 12.8. The molecule has 3 N–H and O–H groups in total. The van der Waals surface area contributed by atoms with Crippen LogP contribution >= 0.6 is 8.30 Å². The van der Waals surface area contributed by atoms with Crippen molar-refractivity contribution in [1.82, 2.24) is 24.6 Å². The van der Waals surface area contributed by atoms with Crippen LogP contribution in [0.5, 0.6) is 0 Å². The minimum Gasteiger partial charge on any atom is -0.464 e. The average Bonchev–Trinajstić information content (AvgIpc) is 3.51. The summed E-state index contributed by atoms with van der Waals surface area (Å²) in [6.45, 7) is 8.66. The summed E-state index contributed by atoms with van der Waals surface area (Å²) in [4.78, 5) is 25.3. The molecule has 2 atom stereocenters. The smallest absolute Gasteiger partial charge is 0.326 e. The van der Waals surface area contributed by atoms with E-state index in [1.165, 1.54) is 6.33 Å². The van der Waals surface area contributed by atoms with Gasteiger partial charge in [-0.1, -0.05) is 31.3 Å². The Morgan fingerprint density at radius 1 is 1.25 bits per heavy atom. The molecule has 2 heterocycles. The molecule has 2 aromatic rings. The van der Waals surface area contributed by atoms with Gasteiger partial charge in [-0.25, -0.2) is 20.0 Å². The lowest BCUT2D eigenvalue weighted by Crippen LogP contribution is -2.45. The van der Waals surface area contributed by atoms with E-state index < -0.39 is 13.8 Å². The maximum atomic E-state index is 12.8. The monoisotopic (exact) mass is 521 g/mol. The number of nitrogens with zero attached hydrogens (tertiary/aromatic N) is 5. The topological polar surface area (TPSA) is 139 Å². The number of nitrogen functional groups attached to an aromatic ring is 1. The van der Waals surface area contributed by atoms with Gasteiger partial charge in [-0.2, -0.15) is 0 Å². The Kier molecular flexibility index (Phi) is 10.8. The van der Waals surface area contributed by atoms with Crippen LogP contribution in [0.4, 0.5) is 5.82 Å². The first kappa shape index (κ1) is 28.2. The molecule has 3 rings (SSSR count). The fourth-order valence-corrected chi connectivity index (χ4v) is 5.32. The third kappa shape index (κ3) is 8.35. The predicted molar refractivity (Wildman–Crippen MR) is 141 cm³/mol. The van der Waals surface area contributed by atoms with Crippen LogP contribution in [0.1, 0.15) is 79.1 Å². The van der Waals surface area contributed by atoms with E-state index in [1.807, 2.05) is 11.5 Å². The number of imidazole rings is 1. The lowest BCUT2D eigenvalue weighted by atomic mass is 10.1. The molecule has 36 heavy (non-hydrogen) atoms. The molecule has 0 aliphatic heterocycles. The number of carbonyl (C=O) groups is 1. The molecule has 200 valence electrons.